The molecule has 0 aromatic heterocycles. The van der Waals surface area contributed by atoms with Crippen LogP contribution in [0.2, 0.25) is 0 Å². The first-order valence-corrected chi connectivity index (χ1v) is 8.20. The average Bonchev–Trinajstić information content (AvgIpc) is 2.66. The lowest BCUT2D eigenvalue weighted by molar-refractivity contribution is -0.385. The number of carbonyl (C=O) groups excluding carboxylic acids is 2. The van der Waals surface area contributed by atoms with Gasteiger partial charge in [0.2, 0.25) is 5.91 Å². The number of anilines is 1. The number of carbonyl (C=O) groups is 2. The predicted molar refractivity (Wildman–Crippen MR) is 98.6 cm³/mol. The van der Waals surface area contributed by atoms with Gasteiger partial charge in [0, 0.05) is 36.4 Å². The van der Waals surface area contributed by atoms with E-state index in [4.69, 9.17) is 4.74 Å². The highest BCUT2D eigenvalue weighted by atomic mass is 16.6. The first kappa shape index (κ1) is 20.5. The highest BCUT2D eigenvalue weighted by molar-refractivity contribution is 5.93. The minimum atomic E-state index is -0.589. The van der Waals surface area contributed by atoms with Crippen molar-refractivity contribution in [1.82, 2.24) is 0 Å². The number of nitro benzene ring substituents is 2. The monoisotopic (exact) mass is 387 g/mol. The number of benzene rings is 2. The third-order valence-corrected chi connectivity index (χ3v) is 3.80. The molecule has 0 saturated carbocycles. The van der Waals surface area contributed by atoms with Crippen molar-refractivity contribution in [1.29, 1.82) is 0 Å². The fraction of sp³-hybridized carbons (Fsp3) is 0.222. The van der Waals surface area contributed by atoms with Gasteiger partial charge in [0.25, 0.3) is 11.4 Å². The van der Waals surface area contributed by atoms with Crippen LogP contribution in [0.4, 0.5) is 17.1 Å². The number of hydrogen-bond donors (Lipinski definition) is 1. The molecule has 1 amide bonds. The normalized spacial score (nSPS) is 10.2. The highest BCUT2D eigenvalue weighted by Crippen LogP contribution is 2.21. The maximum absolute atomic E-state index is 11.9. The van der Waals surface area contributed by atoms with Gasteiger partial charge in [-0.05, 0) is 36.2 Å². The van der Waals surface area contributed by atoms with Gasteiger partial charge in [-0.1, -0.05) is 0 Å². The zero-order valence-corrected chi connectivity index (χ0v) is 14.9. The maximum Gasteiger partial charge on any atom is 0.306 e. The molecule has 28 heavy (non-hydrogen) atoms. The fourth-order valence-electron chi connectivity index (χ4n) is 2.28. The Morgan fingerprint density at radius 1 is 0.964 bits per heavy atom. The van der Waals surface area contributed by atoms with Crippen LogP contribution in [0.3, 0.4) is 0 Å². The van der Waals surface area contributed by atoms with E-state index in [1.165, 1.54) is 42.5 Å². The molecule has 2 aromatic rings. The SMILES string of the molecule is Cc1cc([N+](=O)[O-])ccc1NC(=O)CCC(=O)OCc1ccc([N+](=O)[O-])cc1. The number of nitrogens with one attached hydrogen (secondary N) is 1. The van der Waals surface area contributed by atoms with E-state index in [0.717, 1.165) is 0 Å². The molecule has 0 fully saturated rings. The van der Waals surface area contributed by atoms with Crippen molar-refractivity contribution >= 4 is 28.9 Å². The molecule has 2 rings (SSSR count). The molecule has 10 heteroatoms. The number of amides is 1. The maximum atomic E-state index is 11.9. The van der Waals surface area contributed by atoms with Crippen molar-refractivity contribution in [3.8, 4) is 0 Å². The summed E-state index contributed by atoms with van der Waals surface area (Å²) in [7, 11) is 0. The Hall–Kier alpha value is -3.82. The fourth-order valence-corrected chi connectivity index (χ4v) is 2.28. The van der Waals surface area contributed by atoms with E-state index in [2.05, 4.69) is 5.32 Å². The summed E-state index contributed by atoms with van der Waals surface area (Å²) in [5.74, 6) is -1.02. The molecule has 146 valence electrons. The van der Waals surface area contributed by atoms with Crippen LogP contribution >= 0.6 is 0 Å². The Labute approximate surface area is 159 Å². The van der Waals surface area contributed by atoms with Gasteiger partial charge in [0.1, 0.15) is 6.61 Å². The van der Waals surface area contributed by atoms with Crippen LogP contribution in [0, 0.1) is 27.2 Å². The molecule has 0 unspecified atom stereocenters. The lowest BCUT2D eigenvalue weighted by Gasteiger charge is -2.08. The molecule has 0 heterocycles. The number of ether oxygens (including phenoxy) is 1. The van der Waals surface area contributed by atoms with Crippen molar-refractivity contribution in [3.63, 3.8) is 0 Å². The van der Waals surface area contributed by atoms with Gasteiger partial charge >= 0.3 is 5.97 Å². The quantitative estimate of drug-likeness (QED) is 0.416. The Balaban J connectivity index is 1.78. The molecule has 0 saturated heterocycles. The van der Waals surface area contributed by atoms with Crippen LogP contribution < -0.4 is 5.32 Å². The van der Waals surface area contributed by atoms with E-state index in [-0.39, 0.29) is 30.8 Å². The summed E-state index contributed by atoms with van der Waals surface area (Å²) in [5, 5.41) is 23.9. The number of nitro groups is 2. The van der Waals surface area contributed by atoms with E-state index in [1.807, 2.05) is 0 Å². The lowest BCUT2D eigenvalue weighted by Crippen LogP contribution is -2.15. The van der Waals surface area contributed by atoms with Gasteiger partial charge in [0.15, 0.2) is 0 Å². The Morgan fingerprint density at radius 2 is 1.57 bits per heavy atom. The molecule has 0 aliphatic carbocycles. The van der Waals surface area contributed by atoms with Crippen LogP contribution in [-0.4, -0.2) is 21.7 Å². The van der Waals surface area contributed by atoms with Gasteiger partial charge in [-0.3, -0.25) is 29.8 Å². The second kappa shape index (κ2) is 9.21. The van der Waals surface area contributed by atoms with Crippen LogP contribution in [0.25, 0.3) is 0 Å². The first-order valence-electron chi connectivity index (χ1n) is 8.20. The number of non-ortho nitro benzene ring substituents is 2. The summed E-state index contributed by atoms with van der Waals surface area (Å²) in [6.45, 7) is 1.57. The molecule has 1 N–H and O–H groups in total. The standard InChI is InChI=1S/C18H17N3O7/c1-12-10-15(21(26)27)6-7-16(12)19-17(22)8-9-18(23)28-11-13-2-4-14(5-3-13)20(24)25/h2-7,10H,8-9,11H2,1H3,(H,19,22). The van der Waals surface area contributed by atoms with Crippen molar-refractivity contribution in [2.75, 3.05) is 5.32 Å². The van der Waals surface area contributed by atoms with Gasteiger partial charge in [0.05, 0.1) is 16.3 Å². The largest absolute Gasteiger partial charge is 0.461 e. The Morgan fingerprint density at radius 3 is 2.14 bits per heavy atom. The second-order valence-corrected chi connectivity index (χ2v) is 5.89. The van der Waals surface area contributed by atoms with Crippen molar-refractivity contribution in [3.05, 3.63) is 73.8 Å². The molecule has 0 radical (unpaired) electrons. The van der Waals surface area contributed by atoms with E-state index in [0.29, 0.717) is 16.8 Å². The molecular weight excluding hydrogens is 370 g/mol. The average molecular weight is 387 g/mol. The predicted octanol–water partition coefficient (Wildman–Crippen LogP) is 3.27. The van der Waals surface area contributed by atoms with Crippen LogP contribution in [0.15, 0.2) is 42.5 Å². The summed E-state index contributed by atoms with van der Waals surface area (Å²) in [5.41, 5.74) is 1.40. The first-order chi connectivity index (χ1) is 13.3. The highest BCUT2D eigenvalue weighted by Gasteiger charge is 2.12. The summed E-state index contributed by atoms with van der Waals surface area (Å²) in [4.78, 5) is 43.9. The minimum absolute atomic E-state index is 0.0556. The number of aryl methyl sites for hydroxylation is 1. The van der Waals surface area contributed by atoms with E-state index in [1.54, 1.807) is 6.92 Å². The summed E-state index contributed by atoms with van der Waals surface area (Å²) < 4.78 is 5.03. The number of rotatable bonds is 8. The van der Waals surface area contributed by atoms with Crippen LogP contribution in [0.5, 0.6) is 0 Å². The van der Waals surface area contributed by atoms with Crippen molar-refractivity contribution in [2.45, 2.75) is 26.4 Å². The third-order valence-electron chi connectivity index (χ3n) is 3.80. The molecule has 2 aromatic carbocycles. The van der Waals surface area contributed by atoms with Crippen molar-refractivity contribution < 1.29 is 24.2 Å². The Bertz CT molecular complexity index is 910. The second-order valence-electron chi connectivity index (χ2n) is 5.89. The van der Waals surface area contributed by atoms with Crippen LogP contribution in [-0.2, 0) is 20.9 Å². The smallest absolute Gasteiger partial charge is 0.306 e. The summed E-state index contributed by atoms with van der Waals surface area (Å²) in [6, 6.07) is 9.63. The van der Waals surface area contributed by atoms with E-state index in [9.17, 15) is 29.8 Å². The molecule has 0 atom stereocenters. The summed E-state index contributed by atoms with van der Waals surface area (Å²) in [6.07, 6.45) is -0.264. The zero-order chi connectivity index (χ0) is 20.7. The summed E-state index contributed by atoms with van der Waals surface area (Å²) >= 11 is 0. The molecular formula is C18H17N3O7. The van der Waals surface area contributed by atoms with E-state index < -0.39 is 21.7 Å². The van der Waals surface area contributed by atoms with Gasteiger partial charge < -0.3 is 10.1 Å². The minimum Gasteiger partial charge on any atom is -0.461 e. The number of esters is 1. The number of nitrogens with zero attached hydrogens (tertiary/aromatic N) is 2. The third kappa shape index (κ3) is 5.87. The van der Waals surface area contributed by atoms with Gasteiger partial charge in [-0.2, -0.15) is 0 Å². The number of hydrogen-bond acceptors (Lipinski definition) is 7. The topological polar surface area (TPSA) is 142 Å². The van der Waals surface area contributed by atoms with Gasteiger partial charge in [-0.15, -0.1) is 0 Å². The van der Waals surface area contributed by atoms with E-state index >= 15 is 0 Å². The molecule has 10 nitrogen and oxygen atoms in total. The van der Waals surface area contributed by atoms with Crippen LogP contribution in [0.1, 0.15) is 24.0 Å². The molecule has 0 spiro atoms. The molecule has 0 bridgehead atoms. The molecule has 0 aliphatic rings. The lowest BCUT2D eigenvalue weighted by atomic mass is 10.1. The Kier molecular flexibility index (Phi) is 6.74. The molecule has 0 aliphatic heterocycles. The zero-order valence-electron chi connectivity index (χ0n) is 14.9. The van der Waals surface area contributed by atoms with Gasteiger partial charge in [-0.25, -0.2) is 0 Å². The van der Waals surface area contributed by atoms with Crippen molar-refractivity contribution in [2.24, 2.45) is 0 Å².